The summed E-state index contributed by atoms with van der Waals surface area (Å²) in [5.74, 6) is -1.87. The van der Waals surface area contributed by atoms with E-state index in [-0.39, 0.29) is 55.0 Å². The topological polar surface area (TPSA) is 179 Å². The molecule has 14 nitrogen and oxygen atoms in total. The maximum atomic E-state index is 13.2. The summed E-state index contributed by atoms with van der Waals surface area (Å²) >= 11 is 5.88. The summed E-state index contributed by atoms with van der Waals surface area (Å²) < 4.78 is 96.5. The molecule has 6 aromatic rings. The second-order valence-corrected chi connectivity index (χ2v) is 13.6. The fourth-order valence-electron chi connectivity index (χ4n) is 5.18. The maximum Gasteiger partial charge on any atom is 0.483 e. The number of phenolic OH excluding ortho intramolecular Hbond substituents is 1. The molecule has 0 aliphatic carbocycles. The van der Waals surface area contributed by atoms with Crippen LogP contribution >= 0.6 is 11.6 Å². The zero-order valence-electron chi connectivity index (χ0n) is 30.4. The first-order valence-corrected chi connectivity index (χ1v) is 18.6. The molecular formula is C35H33ClF5N10O4PdS-. The number of anilines is 2. The minimum absolute atomic E-state index is 0. The van der Waals surface area contributed by atoms with Crippen molar-refractivity contribution in [3.63, 3.8) is 0 Å². The van der Waals surface area contributed by atoms with E-state index in [9.17, 15) is 35.5 Å². The van der Waals surface area contributed by atoms with Crippen molar-refractivity contribution in [3.05, 3.63) is 88.1 Å². The van der Waals surface area contributed by atoms with Crippen molar-refractivity contribution in [1.82, 2.24) is 15.0 Å². The Morgan fingerprint density at radius 3 is 2.00 bits per heavy atom. The first-order valence-electron chi connectivity index (χ1n) is 16.8. The second-order valence-electron chi connectivity index (χ2n) is 11.6. The third-order valence-electron chi connectivity index (χ3n) is 8.03. The quantitative estimate of drug-likeness (QED) is 0.0691. The maximum absolute atomic E-state index is 13.2. The minimum Gasteiger partial charge on any atom is -0.568 e. The van der Waals surface area contributed by atoms with Gasteiger partial charge in [-0.2, -0.15) is 18.2 Å². The third kappa shape index (κ3) is 10.8. The van der Waals surface area contributed by atoms with Gasteiger partial charge in [0, 0.05) is 87.3 Å². The normalized spacial score (nSPS) is 11.9. The zero-order valence-corrected chi connectivity index (χ0v) is 33.5. The number of aromatic amines is 1. The zero-order chi connectivity index (χ0) is 40.8. The van der Waals surface area contributed by atoms with E-state index in [0.29, 0.717) is 40.4 Å². The van der Waals surface area contributed by atoms with Crippen LogP contribution in [0, 0.1) is 11.6 Å². The number of aromatic hydroxyl groups is 1. The van der Waals surface area contributed by atoms with Gasteiger partial charge in [0.1, 0.15) is 17.0 Å². The van der Waals surface area contributed by atoms with Crippen LogP contribution in [0.3, 0.4) is 0 Å². The molecule has 0 bridgehead atoms. The summed E-state index contributed by atoms with van der Waals surface area (Å²) in [7, 11) is -5.79. The predicted molar refractivity (Wildman–Crippen MR) is 203 cm³/mol. The van der Waals surface area contributed by atoms with Crippen LogP contribution < -0.4 is 9.80 Å². The summed E-state index contributed by atoms with van der Waals surface area (Å²) in [5.41, 5.74) is -3.28. The van der Waals surface area contributed by atoms with Crippen LogP contribution in [0.1, 0.15) is 27.7 Å². The number of hydrogen-bond donors (Lipinski definition) is 2. The molecule has 0 fully saturated rings. The molecule has 0 amide bonds. The fraction of sp³-hybridized carbons (Fsp3) is 0.257. The van der Waals surface area contributed by atoms with Crippen molar-refractivity contribution in [1.29, 1.82) is 0 Å². The molecule has 0 saturated carbocycles. The van der Waals surface area contributed by atoms with E-state index in [2.05, 4.69) is 45.0 Å². The minimum atomic E-state index is -5.79. The largest absolute Gasteiger partial charge is 0.568 e. The average Bonchev–Trinajstić information content (AvgIpc) is 3.74. The molecule has 22 heteroatoms. The Labute approximate surface area is 341 Å². The number of hydrogen-bond acceptors (Lipinski definition) is 12. The Hall–Kier alpha value is -5.23. The van der Waals surface area contributed by atoms with E-state index in [1.165, 1.54) is 18.2 Å². The molecule has 306 valence electrons. The number of aromatic nitrogens is 3. The smallest absolute Gasteiger partial charge is 0.483 e. The van der Waals surface area contributed by atoms with E-state index in [4.69, 9.17) is 16.0 Å². The Bertz CT molecular complexity index is 2470. The number of oxazole rings is 1. The number of azo groups is 2. The second kappa shape index (κ2) is 18.8. The van der Waals surface area contributed by atoms with Crippen LogP contribution in [0.4, 0.5) is 62.4 Å². The molecule has 57 heavy (non-hydrogen) atoms. The number of imidazole rings is 1. The standard InChI is InChI=1S/C18H16ClF3N5O3S.C17H17F2N5O.Pd/c1-3-27(4-2)12-6-8-13(15(10-12)26-31(28,29)18(20,21)22)24-25-17-23-14-7-5-11(19)9-16(14)30-17;1-3-24(4-2)10-5-6-13(16(25)7-10)22-23-17-20-14-8-11(18)12(19)9-15(14)21-17;/h5-10H,3-4H2,1-2H3;5-9,25H,3-4H2,1-2H3,(H,20,21);/q-1;;. The van der Waals surface area contributed by atoms with Gasteiger partial charge in [0.05, 0.1) is 16.7 Å². The monoisotopic (exact) mass is 925 g/mol. The number of nitrogens with one attached hydrogen (secondary N) is 1. The van der Waals surface area contributed by atoms with Crippen molar-refractivity contribution < 1.29 is 60.3 Å². The van der Waals surface area contributed by atoms with Crippen molar-refractivity contribution >= 4 is 84.2 Å². The first-order chi connectivity index (χ1) is 26.5. The number of nitrogens with zero attached hydrogens (tertiary/aromatic N) is 9. The summed E-state index contributed by atoms with van der Waals surface area (Å²) in [6, 6.07) is 15.7. The van der Waals surface area contributed by atoms with Gasteiger partial charge in [-0.05, 0) is 64.1 Å². The van der Waals surface area contributed by atoms with E-state index in [1.807, 2.05) is 38.7 Å². The molecule has 0 aliphatic rings. The molecule has 0 aliphatic heterocycles. The number of alkyl halides is 3. The van der Waals surface area contributed by atoms with Gasteiger partial charge in [0.15, 0.2) is 27.2 Å². The number of rotatable bonds is 12. The van der Waals surface area contributed by atoms with Gasteiger partial charge in [-0.1, -0.05) is 28.5 Å². The molecule has 0 unspecified atom stereocenters. The first kappa shape index (κ1) is 44.5. The number of benzene rings is 4. The fourth-order valence-corrected chi connectivity index (χ4v) is 5.85. The Balaban J connectivity index is 0.000000254. The molecule has 2 N–H and O–H groups in total. The molecule has 0 spiro atoms. The third-order valence-corrected chi connectivity index (χ3v) is 9.29. The van der Waals surface area contributed by atoms with Gasteiger partial charge in [-0.25, -0.2) is 22.2 Å². The SMILES string of the molecule is CCN(CC)c1ccc(N=Nc2nc3cc(F)c(F)cc3[nH]2)c(O)c1.CCN(CC)c1ccc(N=Nc2nc3ccc(Cl)cc3o2)c([N-]S(=O)(=O)C(F)(F)F)c1.[Pd]. The molecule has 2 heterocycles. The van der Waals surface area contributed by atoms with Crippen LogP contribution in [-0.2, 0) is 30.4 Å². The van der Waals surface area contributed by atoms with Crippen LogP contribution in [0.15, 0.2) is 91.6 Å². The molecule has 0 radical (unpaired) electrons. The Morgan fingerprint density at radius 2 is 1.39 bits per heavy atom. The molecule has 6 rings (SSSR count). The number of fused-ring (bicyclic) bond motifs is 2. The van der Waals surface area contributed by atoms with Crippen LogP contribution in [0.5, 0.6) is 5.75 Å². The molecule has 0 saturated heterocycles. The Morgan fingerprint density at radius 1 is 0.789 bits per heavy atom. The van der Waals surface area contributed by atoms with Crippen LogP contribution in [0.25, 0.3) is 26.9 Å². The van der Waals surface area contributed by atoms with Gasteiger partial charge in [-0.3, -0.25) is 0 Å². The van der Waals surface area contributed by atoms with Crippen LogP contribution in [0.2, 0.25) is 5.02 Å². The summed E-state index contributed by atoms with van der Waals surface area (Å²) in [5, 5.41) is 25.9. The van der Waals surface area contributed by atoms with E-state index in [1.54, 1.807) is 30.3 Å². The molecule has 2 aromatic heterocycles. The van der Waals surface area contributed by atoms with E-state index in [0.717, 1.165) is 30.9 Å². The summed E-state index contributed by atoms with van der Waals surface area (Å²) in [6.45, 7) is 10.5. The van der Waals surface area contributed by atoms with Crippen molar-refractivity contribution in [2.45, 2.75) is 33.2 Å². The van der Waals surface area contributed by atoms with Gasteiger partial charge in [0.2, 0.25) is 5.95 Å². The van der Waals surface area contributed by atoms with Crippen molar-refractivity contribution in [3.8, 4) is 5.75 Å². The molecule has 0 atom stereocenters. The van der Waals surface area contributed by atoms with E-state index < -0.39 is 32.9 Å². The van der Waals surface area contributed by atoms with Gasteiger partial charge < -0.3 is 29.0 Å². The summed E-state index contributed by atoms with van der Waals surface area (Å²) in [6.07, 6.45) is 0. The van der Waals surface area contributed by atoms with Crippen molar-refractivity contribution in [2.24, 2.45) is 20.5 Å². The van der Waals surface area contributed by atoms with Crippen molar-refractivity contribution in [2.75, 3.05) is 36.0 Å². The van der Waals surface area contributed by atoms with Crippen LogP contribution in [-0.4, -0.2) is 60.2 Å². The van der Waals surface area contributed by atoms with Gasteiger partial charge in [0.25, 0.3) is 0 Å². The number of sulfonamides is 1. The van der Waals surface area contributed by atoms with Gasteiger partial charge >= 0.3 is 11.5 Å². The van der Waals surface area contributed by atoms with E-state index >= 15 is 0 Å². The predicted octanol–water partition coefficient (Wildman–Crippen LogP) is 11.4. The average molecular weight is 927 g/mol. The number of halogens is 6. The Kier molecular flexibility index (Phi) is 14.7. The molecule has 4 aromatic carbocycles. The molecular weight excluding hydrogens is 893 g/mol. The summed E-state index contributed by atoms with van der Waals surface area (Å²) in [4.78, 5) is 14.7. The number of H-pyrrole nitrogens is 1. The van der Waals surface area contributed by atoms with Gasteiger partial charge in [-0.15, -0.1) is 15.3 Å². The number of phenols is 1.